The second-order valence-corrected chi connectivity index (χ2v) is 24.5. The molecule has 486 valence electrons. The number of nitrogens with zero attached hydrogens (tertiary/aromatic N) is 1. The zero-order chi connectivity index (χ0) is 62.6. The highest BCUT2D eigenvalue weighted by Crippen LogP contribution is 2.38. The molecular formula is C76H124NO8P. The largest absolute Gasteiger partial charge is 0.756 e. The van der Waals surface area contributed by atoms with E-state index in [1.165, 1.54) is 64.2 Å². The van der Waals surface area contributed by atoms with E-state index in [0.29, 0.717) is 23.9 Å². The van der Waals surface area contributed by atoms with Crippen LogP contribution in [-0.2, 0) is 32.7 Å². The molecule has 0 N–H and O–H groups in total. The number of hydrogen-bond donors (Lipinski definition) is 0. The quantitative estimate of drug-likeness (QED) is 0.0195. The second-order valence-electron chi connectivity index (χ2n) is 23.1. The lowest BCUT2D eigenvalue weighted by Gasteiger charge is -2.28. The highest BCUT2D eigenvalue weighted by molar-refractivity contribution is 7.45. The van der Waals surface area contributed by atoms with Gasteiger partial charge in [-0.15, -0.1) is 0 Å². The second kappa shape index (κ2) is 64.8. The highest BCUT2D eigenvalue weighted by Gasteiger charge is 2.22. The number of likely N-dealkylation sites (N-methyl/N-ethyl adjacent to an activating group) is 1. The van der Waals surface area contributed by atoms with Crippen molar-refractivity contribution >= 4 is 19.8 Å². The molecule has 0 saturated heterocycles. The normalized spacial score (nSPS) is 14.3. The number of allylic oxidation sites excluding steroid dienone is 28. The van der Waals surface area contributed by atoms with Crippen LogP contribution in [0.2, 0.25) is 0 Å². The van der Waals surface area contributed by atoms with Crippen LogP contribution in [-0.4, -0.2) is 70.0 Å². The Bertz CT molecular complexity index is 2060. The van der Waals surface area contributed by atoms with E-state index in [1.807, 2.05) is 21.1 Å². The molecule has 0 aliphatic rings. The number of rotatable bonds is 60. The van der Waals surface area contributed by atoms with E-state index < -0.39 is 32.5 Å². The molecule has 0 bridgehead atoms. The van der Waals surface area contributed by atoms with Crippen LogP contribution in [0.5, 0.6) is 0 Å². The van der Waals surface area contributed by atoms with Gasteiger partial charge in [0.25, 0.3) is 7.82 Å². The van der Waals surface area contributed by atoms with E-state index in [-0.39, 0.29) is 26.1 Å². The summed E-state index contributed by atoms with van der Waals surface area (Å²) >= 11 is 0. The van der Waals surface area contributed by atoms with Crippen LogP contribution in [0.25, 0.3) is 0 Å². The number of phosphoric acid groups is 1. The molecule has 2 unspecified atom stereocenters. The highest BCUT2D eigenvalue weighted by atomic mass is 31.2. The van der Waals surface area contributed by atoms with Crippen molar-refractivity contribution in [2.24, 2.45) is 0 Å². The number of esters is 2. The Labute approximate surface area is 528 Å². The molecule has 9 nitrogen and oxygen atoms in total. The molecule has 0 aromatic heterocycles. The van der Waals surface area contributed by atoms with Crippen LogP contribution in [0.4, 0.5) is 0 Å². The van der Waals surface area contributed by atoms with E-state index in [1.54, 1.807) is 0 Å². The van der Waals surface area contributed by atoms with Gasteiger partial charge in [-0.2, -0.15) is 0 Å². The van der Waals surface area contributed by atoms with E-state index >= 15 is 0 Å². The maximum absolute atomic E-state index is 12.9. The molecule has 0 aromatic rings. The van der Waals surface area contributed by atoms with Crippen LogP contribution < -0.4 is 4.89 Å². The predicted molar refractivity (Wildman–Crippen MR) is 369 cm³/mol. The van der Waals surface area contributed by atoms with Crippen LogP contribution >= 0.6 is 7.82 Å². The first kappa shape index (κ1) is 81.4. The van der Waals surface area contributed by atoms with Crippen molar-refractivity contribution < 1.29 is 42.1 Å². The number of hydrogen-bond acceptors (Lipinski definition) is 8. The molecule has 0 aromatic carbocycles. The molecule has 0 rings (SSSR count). The van der Waals surface area contributed by atoms with E-state index in [4.69, 9.17) is 18.5 Å². The summed E-state index contributed by atoms with van der Waals surface area (Å²) < 4.78 is 34.3. The maximum Gasteiger partial charge on any atom is 0.306 e. The average Bonchev–Trinajstić information content (AvgIpc) is 3.56. The summed E-state index contributed by atoms with van der Waals surface area (Å²) in [7, 11) is 1.13. The summed E-state index contributed by atoms with van der Waals surface area (Å²) in [5, 5.41) is 0. The first-order chi connectivity index (χ1) is 42.0. The van der Waals surface area contributed by atoms with Crippen LogP contribution in [0.15, 0.2) is 170 Å². The minimum atomic E-state index is -4.66. The Kier molecular flexibility index (Phi) is 61.3. The summed E-state index contributed by atoms with van der Waals surface area (Å²) in [5.74, 6) is -0.867. The number of quaternary nitrogens is 1. The lowest BCUT2D eigenvalue weighted by molar-refractivity contribution is -0.870. The summed E-state index contributed by atoms with van der Waals surface area (Å²) in [4.78, 5) is 38.0. The van der Waals surface area contributed by atoms with Gasteiger partial charge in [-0.05, 0) is 128 Å². The van der Waals surface area contributed by atoms with Crippen molar-refractivity contribution in [3.05, 3.63) is 170 Å². The van der Waals surface area contributed by atoms with Crippen LogP contribution in [0, 0.1) is 0 Å². The van der Waals surface area contributed by atoms with E-state index in [2.05, 4.69) is 184 Å². The molecule has 2 atom stereocenters. The van der Waals surface area contributed by atoms with E-state index in [0.717, 1.165) is 141 Å². The fourth-order valence-electron chi connectivity index (χ4n) is 8.62. The predicted octanol–water partition coefficient (Wildman–Crippen LogP) is 21.5. The molecule has 0 fully saturated rings. The third-order valence-electron chi connectivity index (χ3n) is 13.7. The first-order valence-corrected chi connectivity index (χ1v) is 35.3. The number of carbonyl (C=O) groups excluding carboxylic acids is 2. The number of ether oxygens (including phenoxy) is 2. The molecule has 10 heteroatoms. The van der Waals surface area contributed by atoms with Crippen molar-refractivity contribution in [1.82, 2.24) is 0 Å². The molecule has 0 aliphatic carbocycles. The number of phosphoric ester groups is 1. The third-order valence-corrected chi connectivity index (χ3v) is 14.7. The van der Waals surface area contributed by atoms with E-state index in [9.17, 15) is 19.0 Å². The average molecular weight is 1210 g/mol. The van der Waals surface area contributed by atoms with Gasteiger partial charge in [0, 0.05) is 12.8 Å². The molecule has 0 saturated carbocycles. The lowest BCUT2D eigenvalue weighted by Crippen LogP contribution is -2.37. The van der Waals surface area contributed by atoms with Crippen molar-refractivity contribution in [3.63, 3.8) is 0 Å². The Morgan fingerprint density at radius 1 is 0.360 bits per heavy atom. The number of carbonyl (C=O) groups is 2. The zero-order valence-electron chi connectivity index (χ0n) is 55.2. The summed E-state index contributed by atoms with van der Waals surface area (Å²) in [6.07, 6.45) is 98.4. The van der Waals surface area contributed by atoms with Crippen molar-refractivity contribution in [2.75, 3.05) is 47.5 Å². The molecule has 0 heterocycles. The third kappa shape index (κ3) is 68.5. The van der Waals surface area contributed by atoms with Gasteiger partial charge in [-0.25, -0.2) is 0 Å². The fraction of sp³-hybridized carbons (Fsp3) is 0.605. The molecule has 0 amide bonds. The molecule has 0 spiro atoms. The molecule has 0 radical (unpaired) electrons. The fourth-order valence-corrected chi connectivity index (χ4v) is 9.35. The first-order valence-electron chi connectivity index (χ1n) is 33.8. The minimum absolute atomic E-state index is 0.0434. The number of unbranched alkanes of at least 4 members (excludes halogenated alkanes) is 18. The smallest absolute Gasteiger partial charge is 0.306 e. The molecule has 0 aliphatic heterocycles. The van der Waals surface area contributed by atoms with Crippen molar-refractivity contribution in [3.8, 4) is 0 Å². The lowest BCUT2D eigenvalue weighted by atomic mass is 10.0. The van der Waals surface area contributed by atoms with Gasteiger partial charge in [0.15, 0.2) is 6.10 Å². The molecule has 86 heavy (non-hydrogen) atoms. The zero-order valence-corrected chi connectivity index (χ0v) is 56.1. The minimum Gasteiger partial charge on any atom is -0.756 e. The van der Waals surface area contributed by atoms with Gasteiger partial charge in [0.05, 0.1) is 27.7 Å². The Balaban J connectivity index is 4.16. The van der Waals surface area contributed by atoms with Gasteiger partial charge in [-0.1, -0.05) is 274 Å². The van der Waals surface area contributed by atoms with Gasteiger partial charge in [0.2, 0.25) is 0 Å². The van der Waals surface area contributed by atoms with Crippen LogP contribution in [0.1, 0.15) is 245 Å². The topological polar surface area (TPSA) is 111 Å². The Hall–Kier alpha value is -4.63. The van der Waals surface area contributed by atoms with Gasteiger partial charge in [0.1, 0.15) is 19.8 Å². The van der Waals surface area contributed by atoms with Gasteiger partial charge in [-0.3, -0.25) is 14.2 Å². The monoisotopic (exact) mass is 1210 g/mol. The molecular weight excluding hydrogens is 1090 g/mol. The summed E-state index contributed by atoms with van der Waals surface area (Å²) in [6.45, 7) is 3.97. The SMILES string of the molecule is CC/C=C\C/C=C\C/C=C\C/C=C\C/C=C\C/C=C\C/C=C\CCCCCCCCCCCCCCCC(=O)OC(COC(=O)CCCCCCC/C=C\C/C=C\C/C=C\C/C=C\C/C=C\C/C=C\C/C=C\CC)COP(=O)([O-])OCC[N+](C)(C)C. The Morgan fingerprint density at radius 2 is 0.628 bits per heavy atom. The van der Waals surface area contributed by atoms with Crippen molar-refractivity contribution in [1.29, 1.82) is 0 Å². The summed E-state index contributed by atoms with van der Waals surface area (Å²) in [5.41, 5.74) is 0. The van der Waals surface area contributed by atoms with Crippen LogP contribution in [0.3, 0.4) is 0 Å². The van der Waals surface area contributed by atoms with Gasteiger partial charge < -0.3 is 27.9 Å². The van der Waals surface area contributed by atoms with Gasteiger partial charge >= 0.3 is 11.9 Å². The standard InChI is InChI=1S/C76H124NO8P/c1-6-8-10-12-14-16-18-20-22-24-26-28-30-32-34-35-36-37-38-39-40-41-43-45-47-49-51-53-55-57-59-61-63-65-67-69-76(79)85-74(73-84-86(80,81)83-71-70-77(3,4)5)72-82-75(78)68-66-64-62-60-58-56-54-52-50-48-46-44-42-33-31-29-27-25-23-21-19-17-15-13-11-9-7-2/h8-11,14-17,20-23,26-29,32-34,36-37,39-40,42,46,48,52,54,74H,6-7,12-13,18-19,24-25,30-31,35,38,41,43-45,47,49-51,53,55-73H2,1-5H3/b10-8-,11-9-,16-14-,17-15-,22-20-,23-21-,28-26-,29-27-,34-32-,37-36-,40-39-,42-33-,48-46-,54-52-. The Morgan fingerprint density at radius 3 is 0.930 bits per heavy atom. The summed E-state index contributed by atoms with van der Waals surface area (Å²) in [6, 6.07) is 0. The maximum atomic E-state index is 12.9. The van der Waals surface area contributed by atoms with Crippen molar-refractivity contribution in [2.45, 2.75) is 251 Å².